The van der Waals surface area contributed by atoms with Crippen LogP contribution in [0.5, 0.6) is 0 Å². The predicted octanol–water partition coefficient (Wildman–Crippen LogP) is 4.93. The summed E-state index contributed by atoms with van der Waals surface area (Å²) in [4.78, 5) is 17.7. The third kappa shape index (κ3) is 4.46. The van der Waals surface area contributed by atoms with Crippen molar-refractivity contribution in [1.29, 1.82) is 0 Å². The second-order valence-corrected chi connectivity index (χ2v) is 6.52. The number of benzene rings is 2. The molecule has 0 radical (unpaired) electrons. The fraction of sp³-hybridized carbons (Fsp3) is 0.100. The number of pyridine rings is 1. The normalized spacial score (nSPS) is 10.4. The number of aryl methyl sites for hydroxylation is 1. The van der Waals surface area contributed by atoms with Crippen molar-refractivity contribution in [1.82, 2.24) is 4.98 Å². The molecule has 3 rings (SSSR count). The van der Waals surface area contributed by atoms with E-state index in [-0.39, 0.29) is 5.91 Å². The number of hydrogen-bond acceptors (Lipinski definition) is 3. The Kier molecular flexibility index (Phi) is 5.29. The van der Waals surface area contributed by atoms with Crippen LogP contribution in [-0.2, 0) is 5.75 Å². The molecule has 0 saturated carbocycles. The van der Waals surface area contributed by atoms with Gasteiger partial charge >= 0.3 is 0 Å². The van der Waals surface area contributed by atoms with Crippen LogP contribution in [0.4, 0.5) is 5.82 Å². The molecule has 0 saturated heterocycles. The molecule has 3 aromatic rings. The highest BCUT2D eigenvalue weighted by molar-refractivity contribution is 7.98. The molecule has 0 aliphatic rings. The molecule has 24 heavy (non-hydrogen) atoms. The van der Waals surface area contributed by atoms with Gasteiger partial charge in [-0.3, -0.25) is 4.79 Å². The lowest BCUT2D eigenvalue weighted by atomic mass is 10.1. The van der Waals surface area contributed by atoms with E-state index in [0.717, 1.165) is 11.3 Å². The number of rotatable bonds is 5. The Morgan fingerprint density at radius 3 is 2.42 bits per heavy atom. The monoisotopic (exact) mass is 334 g/mol. The molecule has 1 amide bonds. The Hall–Kier alpha value is -2.59. The molecule has 0 atom stereocenters. The van der Waals surface area contributed by atoms with Gasteiger partial charge in [0, 0.05) is 22.4 Å². The predicted molar refractivity (Wildman–Crippen MR) is 99.4 cm³/mol. The number of carbonyl (C=O) groups excluding carboxylic acids is 1. The number of amides is 1. The van der Waals surface area contributed by atoms with Gasteiger partial charge in [-0.1, -0.05) is 36.4 Å². The van der Waals surface area contributed by atoms with E-state index in [1.165, 1.54) is 10.5 Å². The quantitative estimate of drug-likeness (QED) is 0.672. The van der Waals surface area contributed by atoms with Crippen molar-refractivity contribution >= 4 is 23.5 Å². The average Bonchev–Trinajstić information content (AvgIpc) is 2.63. The SMILES string of the molecule is Cc1ccc(NC(=O)c2ccc(CSc3ccccc3)cc2)nc1. The first-order chi connectivity index (χ1) is 11.7. The van der Waals surface area contributed by atoms with E-state index in [1.807, 2.05) is 55.5 Å². The molecule has 0 aliphatic heterocycles. The summed E-state index contributed by atoms with van der Waals surface area (Å²) in [5, 5.41) is 2.81. The lowest BCUT2D eigenvalue weighted by molar-refractivity contribution is 0.102. The second-order valence-electron chi connectivity index (χ2n) is 5.47. The van der Waals surface area contributed by atoms with Gasteiger partial charge in [0.25, 0.3) is 5.91 Å². The lowest BCUT2D eigenvalue weighted by Crippen LogP contribution is -2.12. The Labute approximate surface area is 146 Å². The molecule has 1 aromatic heterocycles. The number of nitrogens with one attached hydrogen (secondary N) is 1. The topological polar surface area (TPSA) is 42.0 Å². The molecule has 1 heterocycles. The van der Waals surface area contributed by atoms with E-state index in [2.05, 4.69) is 22.4 Å². The van der Waals surface area contributed by atoms with Gasteiger partial charge in [0.2, 0.25) is 0 Å². The van der Waals surface area contributed by atoms with Gasteiger partial charge < -0.3 is 5.32 Å². The van der Waals surface area contributed by atoms with Crippen molar-refractivity contribution in [2.75, 3.05) is 5.32 Å². The molecular weight excluding hydrogens is 316 g/mol. The molecule has 0 fully saturated rings. The summed E-state index contributed by atoms with van der Waals surface area (Å²) in [6.07, 6.45) is 1.74. The second kappa shape index (κ2) is 7.79. The van der Waals surface area contributed by atoms with Gasteiger partial charge in [-0.15, -0.1) is 11.8 Å². The first-order valence-corrected chi connectivity index (χ1v) is 8.70. The van der Waals surface area contributed by atoms with E-state index in [4.69, 9.17) is 0 Å². The molecule has 0 unspecified atom stereocenters. The van der Waals surface area contributed by atoms with E-state index in [1.54, 1.807) is 24.0 Å². The van der Waals surface area contributed by atoms with Gasteiger partial charge in [-0.25, -0.2) is 4.98 Å². The minimum atomic E-state index is -0.145. The molecule has 0 spiro atoms. The van der Waals surface area contributed by atoms with Gasteiger partial charge in [0.05, 0.1) is 0 Å². The minimum Gasteiger partial charge on any atom is -0.307 e. The van der Waals surface area contributed by atoms with Crippen molar-refractivity contribution < 1.29 is 4.79 Å². The van der Waals surface area contributed by atoms with Gasteiger partial charge in [0.15, 0.2) is 0 Å². The van der Waals surface area contributed by atoms with Crippen molar-refractivity contribution in [2.24, 2.45) is 0 Å². The van der Waals surface area contributed by atoms with Crippen molar-refractivity contribution in [3.05, 3.63) is 89.6 Å². The van der Waals surface area contributed by atoms with E-state index >= 15 is 0 Å². The summed E-state index contributed by atoms with van der Waals surface area (Å²) in [6.45, 7) is 1.96. The summed E-state index contributed by atoms with van der Waals surface area (Å²) in [6, 6.07) is 21.7. The summed E-state index contributed by atoms with van der Waals surface area (Å²) in [5.74, 6) is 1.30. The van der Waals surface area contributed by atoms with Gasteiger partial charge in [-0.05, 0) is 48.4 Å². The molecule has 2 aromatic carbocycles. The van der Waals surface area contributed by atoms with Crippen molar-refractivity contribution in [2.45, 2.75) is 17.6 Å². The maximum atomic E-state index is 12.2. The zero-order valence-corrected chi connectivity index (χ0v) is 14.2. The van der Waals surface area contributed by atoms with Crippen LogP contribution >= 0.6 is 11.8 Å². The van der Waals surface area contributed by atoms with Crippen LogP contribution < -0.4 is 5.32 Å². The van der Waals surface area contributed by atoms with Crippen LogP contribution in [0.25, 0.3) is 0 Å². The Balaban J connectivity index is 1.59. The first-order valence-electron chi connectivity index (χ1n) is 7.71. The van der Waals surface area contributed by atoms with Crippen LogP contribution in [0.15, 0.2) is 77.8 Å². The highest BCUT2D eigenvalue weighted by Crippen LogP contribution is 2.22. The fourth-order valence-electron chi connectivity index (χ4n) is 2.17. The summed E-state index contributed by atoms with van der Waals surface area (Å²) in [5.41, 5.74) is 2.88. The number of carbonyl (C=O) groups is 1. The van der Waals surface area contributed by atoms with Crippen LogP contribution in [0.2, 0.25) is 0 Å². The molecule has 1 N–H and O–H groups in total. The maximum absolute atomic E-state index is 12.2. The fourth-order valence-corrected chi connectivity index (χ4v) is 3.04. The smallest absolute Gasteiger partial charge is 0.256 e. The highest BCUT2D eigenvalue weighted by atomic mass is 32.2. The number of aromatic nitrogens is 1. The Morgan fingerprint density at radius 2 is 1.75 bits per heavy atom. The van der Waals surface area contributed by atoms with Crippen LogP contribution in [0, 0.1) is 6.92 Å². The summed E-state index contributed by atoms with van der Waals surface area (Å²) in [7, 11) is 0. The molecule has 4 heteroatoms. The molecular formula is C20H18N2OS. The zero-order valence-electron chi connectivity index (χ0n) is 13.4. The average molecular weight is 334 g/mol. The summed E-state index contributed by atoms with van der Waals surface area (Å²) < 4.78 is 0. The van der Waals surface area contributed by atoms with Crippen molar-refractivity contribution in [3.8, 4) is 0 Å². The third-order valence-corrected chi connectivity index (χ3v) is 4.60. The van der Waals surface area contributed by atoms with Crippen LogP contribution in [0.3, 0.4) is 0 Å². The maximum Gasteiger partial charge on any atom is 0.256 e. The number of hydrogen-bond donors (Lipinski definition) is 1. The van der Waals surface area contributed by atoms with E-state index < -0.39 is 0 Å². The molecule has 0 aliphatic carbocycles. The highest BCUT2D eigenvalue weighted by Gasteiger charge is 2.06. The molecule has 120 valence electrons. The molecule has 0 bridgehead atoms. The van der Waals surface area contributed by atoms with Crippen LogP contribution in [0.1, 0.15) is 21.5 Å². The molecule has 3 nitrogen and oxygen atoms in total. The first kappa shape index (κ1) is 16.3. The van der Waals surface area contributed by atoms with Gasteiger partial charge in [-0.2, -0.15) is 0 Å². The standard InChI is InChI=1S/C20H18N2OS/c1-15-7-12-19(21-13-15)22-20(23)17-10-8-16(9-11-17)14-24-18-5-3-2-4-6-18/h2-13H,14H2,1H3,(H,21,22,23). The largest absolute Gasteiger partial charge is 0.307 e. The van der Waals surface area contributed by atoms with Crippen LogP contribution in [-0.4, -0.2) is 10.9 Å². The Bertz CT molecular complexity index is 799. The number of anilines is 1. The minimum absolute atomic E-state index is 0.145. The number of thioether (sulfide) groups is 1. The van der Waals surface area contributed by atoms with Gasteiger partial charge in [0.1, 0.15) is 5.82 Å². The zero-order chi connectivity index (χ0) is 16.8. The Morgan fingerprint density at radius 1 is 1.00 bits per heavy atom. The van der Waals surface area contributed by atoms with E-state index in [9.17, 15) is 4.79 Å². The summed E-state index contributed by atoms with van der Waals surface area (Å²) >= 11 is 1.78. The number of nitrogens with zero attached hydrogens (tertiary/aromatic N) is 1. The van der Waals surface area contributed by atoms with E-state index in [0.29, 0.717) is 11.4 Å². The van der Waals surface area contributed by atoms with Crippen molar-refractivity contribution in [3.63, 3.8) is 0 Å². The lowest BCUT2D eigenvalue weighted by Gasteiger charge is -2.06. The third-order valence-electron chi connectivity index (χ3n) is 3.52.